The number of carboxylic acid groups (broad SMARTS) is 1. The highest BCUT2D eigenvalue weighted by Gasteiger charge is 2.30. The lowest BCUT2D eigenvalue weighted by molar-refractivity contribution is 0.0702. The third-order valence-corrected chi connectivity index (χ3v) is 6.73. The molecule has 0 unspecified atom stereocenters. The molecule has 3 aromatic rings. The highest BCUT2D eigenvalue weighted by molar-refractivity contribution is 7.18. The van der Waals surface area contributed by atoms with E-state index in [9.17, 15) is 9.90 Å². The quantitative estimate of drug-likeness (QED) is 0.470. The number of hydrogen-bond donors (Lipinski definition) is 1. The summed E-state index contributed by atoms with van der Waals surface area (Å²) >= 11 is 1.36. The minimum Gasteiger partial charge on any atom is -0.477 e. The number of aromatic carboxylic acids is 1. The Balaban J connectivity index is 1.80. The molecule has 148 valence electrons. The zero-order chi connectivity index (χ0) is 20.2. The molecule has 1 fully saturated rings. The number of allylic oxidation sites excluding steroid dienone is 2. The van der Waals surface area contributed by atoms with Crippen molar-refractivity contribution in [2.24, 2.45) is 5.92 Å². The van der Waals surface area contributed by atoms with Gasteiger partial charge in [-0.2, -0.15) is 0 Å². The van der Waals surface area contributed by atoms with Crippen LogP contribution in [0.3, 0.4) is 0 Å². The normalized spacial score (nSPS) is 14.4. The van der Waals surface area contributed by atoms with E-state index < -0.39 is 5.97 Å². The maximum absolute atomic E-state index is 12.2. The fraction of sp³-hybridized carbons (Fsp3) is 0.240. The Morgan fingerprint density at radius 2 is 1.76 bits per heavy atom. The van der Waals surface area contributed by atoms with Crippen LogP contribution < -0.4 is 4.90 Å². The number of rotatable bonds is 7. The number of anilines is 1. The summed E-state index contributed by atoms with van der Waals surface area (Å²) < 4.78 is 0. The lowest BCUT2D eigenvalue weighted by atomic mass is 9.82. The second kappa shape index (κ2) is 8.66. The van der Waals surface area contributed by atoms with Crippen molar-refractivity contribution in [2.75, 3.05) is 4.90 Å². The fourth-order valence-corrected chi connectivity index (χ4v) is 4.88. The molecule has 0 radical (unpaired) electrons. The first-order valence-electron chi connectivity index (χ1n) is 10.1. The number of thiophene rings is 1. The summed E-state index contributed by atoms with van der Waals surface area (Å²) in [4.78, 5) is 15.8. The van der Waals surface area contributed by atoms with Crippen LogP contribution in [-0.2, 0) is 6.54 Å². The van der Waals surface area contributed by atoms with Gasteiger partial charge in [0.2, 0.25) is 0 Å². The molecular weight excluding hydrogens is 378 g/mol. The molecule has 0 amide bonds. The van der Waals surface area contributed by atoms with E-state index in [2.05, 4.69) is 36.1 Å². The predicted molar refractivity (Wildman–Crippen MR) is 120 cm³/mol. The van der Waals surface area contributed by atoms with E-state index in [-0.39, 0.29) is 0 Å². The first-order chi connectivity index (χ1) is 14.2. The second-order valence-corrected chi connectivity index (χ2v) is 8.46. The van der Waals surface area contributed by atoms with Gasteiger partial charge in [-0.05, 0) is 42.9 Å². The number of benzene rings is 2. The molecule has 1 aromatic heterocycles. The van der Waals surface area contributed by atoms with E-state index in [1.807, 2.05) is 48.5 Å². The summed E-state index contributed by atoms with van der Waals surface area (Å²) in [7, 11) is 0. The third-order valence-electron chi connectivity index (χ3n) is 5.57. The minimum atomic E-state index is -0.866. The van der Waals surface area contributed by atoms with Gasteiger partial charge >= 0.3 is 5.97 Å². The van der Waals surface area contributed by atoms with Gasteiger partial charge in [-0.15, -0.1) is 11.3 Å². The number of nitrogens with zero attached hydrogens (tertiary/aromatic N) is 1. The first-order valence-corrected chi connectivity index (χ1v) is 10.9. The number of carbonyl (C=O) groups is 1. The standard InChI is InChI=1S/C25H25NO2S/c1-2-21(19-14-9-15-19)26(17-18-10-5-3-6-11-18)22-16-23(29-24(22)25(27)28)20-12-7-4-8-13-20/h2-8,10-13,16,19H,9,14-15,17H2,1H3,(H,27,28)/b21-2+. The first kappa shape index (κ1) is 19.5. The summed E-state index contributed by atoms with van der Waals surface area (Å²) in [5.74, 6) is -0.361. The zero-order valence-electron chi connectivity index (χ0n) is 16.5. The lowest BCUT2D eigenvalue weighted by Gasteiger charge is -2.37. The van der Waals surface area contributed by atoms with Crippen molar-refractivity contribution in [2.45, 2.75) is 32.7 Å². The molecule has 29 heavy (non-hydrogen) atoms. The summed E-state index contributed by atoms with van der Waals surface area (Å²) in [5, 5.41) is 9.97. The third kappa shape index (κ3) is 4.13. The smallest absolute Gasteiger partial charge is 0.348 e. The molecule has 1 saturated carbocycles. The molecule has 4 heteroatoms. The van der Waals surface area contributed by atoms with E-state index in [1.165, 1.54) is 41.9 Å². The second-order valence-electron chi connectivity index (χ2n) is 7.41. The van der Waals surface area contributed by atoms with E-state index in [4.69, 9.17) is 0 Å². The van der Waals surface area contributed by atoms with Gasteiger partial charge < -0.3 is 10.0 Å². The van der Waals surface area contributed by atoms with Crippen LogP contribution >= 0.6 is 11.3 Å². The Bertz CT molecular complexity index is 1000. The molecule has 2 aromatic carbocycles. The molecule has 1 heterocycles. The average Bonchev–Trinajstić information content (AvgIpc) is 3.16. The van der Waals surface area contributed by atoms with Gasteiger partial charge in [0.05, 0.1) is 5.69 Å². The average molecular weight is 404 g/mol. The fourth-order valence-electron chi connectivity index (χ4n) is 3.88. The topological polar surface area (TPSA) is 40.5 Å². The molecule has 0 saturated heterocycles. The van der Waals surface area contributed by atoms with Crippen LogP contribution in [0.1, 0.15) is 41.4 Å². The van der Waals surface area contributed by atoms with Crippen LogP contribution in [-0.4, -0.2) is 11.1 Å². The van der Waals surface area contributed by atoms with Crippen molar-refractivity contribution in [3.8, 4) is 10.4 Å². The summed E-state index contributed by atoms with van der Waals surface area (Å²) in [6.07, 6.45) is 5.75. The van der Waals surface area contributed by atoms with Gasteiger partial charge in [0.25, 0.3) is 0 Å². The summed E-state index contributed by atoms with van der Waals surface area (Å²) in [5.41, 5.74) is 4.26. The van der Waals surface area contributed by atoms with Crippen LogP contribution in [0.2, 0.25) is 0 Å². The zero-order valence-corrected chi connectivity index (χ0v) is 17.4. The Kier molecular flexibility index (Phi) is 5.81. The Morgan fingerprint density at radius 1 is 1.10 bits per heavy atom. The van der Waals surface area contributed by atoms with Crippen molar-refractivity contribution in [1.29, 1.82) is 0 Å². The monoisotopic (exact) mass is 403 g/mol. The minimum absolute atomic E-state index is 0.401. The largest absolute Gasteiger partial charge is 0.477 e. The van der Waals surface area contributed by atoms with Crippen LogP contribution in [0.4, 0.5) is 5.69 Å². The van der Waals surface area contributed by atoms with E-state index in [1.54, 1.807) is 0 Å². The van der Waals surface area contributed by atoms with Gasteiger partial charge in [-0.25, -0.2) is 4.79 Å². The van der Waals surface area contributed by atoms with Crippen molar-refractivity contribution < 1.29 is 9.90 Å². The maximum Gasteiger partial charge on any atom is 0.348 e. The van der Waals surface area contributed by atoms with Crippen LogP contribution in [0.25, 0.3) is 10.4 Å². The van der Waals surface area contributed by atoms with Crippen molar-refractivity contribution in [3.63, 3.8) is 0 Å². The van der Waals surface area contributed by atoms with E-state index >= 15 is 0 Å². The predicted octanol–water partition coefficient (Wildman–Crippen LogP) is 6.82. The highest BCUT2D eigenvalue weighted by atomic mass is 32.1. The molecule has 1 aliphatic rings. The Hall–Kier alpha value is -2.85. The van der Waals surface area contributed by atoms with Crippen molar-refractivity contribution in [3.05, 3.63) is 88.9 Å². The molecule has 1 aliphatic carbocycles. The Labute approximate surface area is 175 Å². The number of carboxylic acids is 1. The maximum atomic E-state index is 12.2. The van der Waals surface area contributed by atoms with Gasteiger partial charge in [-0.3, -0.25) is 0 Å². The van der Waals surface area contributed by atoms with Crippen LogP contribution in [0.5, 0.6) is 0 Å². The summed E-state index contributed by atoms with van der Waals surface area (Å²) in [6.45, 7) is 2.73. The molecule has 4 rings (SSSR count). The van der Waals surface area contributed by atoms with E-state index in [0.717, 1.165) is 16.1 Å². The summed E-state index contributed by atoms with van der Waals surface area (Å²) in [6, 6.07) is 22.4. The molecule has 0 bridgehead atoms. The van der Waals surface area contributed by atoms with E-state index in [0.29, 0.717) is 17.3 Å². The molecule has 0 aliphatic heterocycles. The molecular formula is C25H25NO2S. The van der Waals surface area contributed by atoms with Crippen molar-refractivity contribution in [1.82, 2.24) is 0 Å². The van der Waals surface area contributed by atoms with Crippen molar-refractivity contribution >= 4 is 23.0 Å². The van der Waals surface area contributed by atoms with Crippen LogP contribution in [0, 0.1) is 5.92 Å². The number of hydrogen-bond acceptors (Lipinski definition) is 3. The molecule has 3 nitrogen and oxygen atoms in total. The van der Waals surface area contributed by atoms with Gasteiger partial charge in [0, 0.05) is 17.1 Å². The molecule has 0 atom stereocenters. The Morgan fingerprint density at radius 3 is 2.31 bits per heavy atom. The van der Waals surface area contributed by atoms with Gasteiger partial charge in [0.15, 0.2) is 0 Å². The van der Waals surface area contributed by atoms with Gasteiger partial charge in [0.1, 0.15) is 4.88 Å². The lowest BCUT2D eigenvalue weighted by Crippen LogP contribution is -2.30. The SMILES string of the molecule is C/C=C(\C1CCC1)N(Cc1ccccc1)c1cc(-c2ccccc2)sc1C(=O)O. The molecule has 1 N–H and O–H groups in total. The van der Waals surface area contributed by atoms with Crippen LogP contribution in [0.15, 0.2) is 78.5 Å². The molecule has 0 spiro atoms. The van der Waals surface area contributed by atoms with Gasteiger partial charge in [-0.1, -0.05) is 73.2 Å². The highest BCUT2D eigenvalue weighted by Crippen LogP contribution is 2.43.